The van der Waals surface area contributed by atoms with Crippen LogP contribution < -0.4 is 10.5 Å². The van der Waals surface area contributed by atoms with Crippen LogP contribution in [-0.4, -0.2) is 30.4 Å². The van der Waals surface area contributed by atoms with Crippen molar-refractivity contribution in [2.75, 3.05) is 13.7 Å². The van der Waals surface area contributed by atoms with Crippen LogP contribution in [0.3, 0.4) is 0 Å². The van der Waals surface area contributed by atoms with E-state index in [-0.39, 0.29) is 11.9 Å². The van der Waals surface area contributed by atoms with Crippen LogP contribution >= 0.6 is 22.9 Å². The minimum absolute atomic E-state index is 0.0373. The molecule has 0 radical (unpaired) electrons. The molecule has 1 aliphatic rings. The normalized spacial score (nSPS) is 20.2. The highest BCUT2D eigenvalue weighted by atomic mass is 35.5. The van der Waals surface area contributed by atoms with Gasteiger partial charge in [-0.1, -0.05) is 18.5 Å². The highest BCUT2D eigenvalue weighted by Gasteiger charge is 2.37. The quantitative estimate of drug-likeness (QED) is 0.828. The van der Waals surface area contributed by atoms with Crippen molar-refractivity contribution in [3.63, 3.8) is 0 Å². The smallest absolute Gasteiger partial charge is 0.231 e. The molecule has 7 heteroatoms. The van der Waals surface area contributed by atoms with Crippen molar-refractivity contribution >= 4 is 34.8 Å². The number of hydrogen-bond acceptors (Lipinski definition) is 5. The van der Waals surface area contributed by atoms with Gasteiger partial charge >= 0.3 is 0 Å². The Kier molecular flexibility index (Phi) is 5.25. The third-order valence-electron chi connectivity index (χ3n) is 4.38. The fraction of sp³-hybridized carbons (Fsp3) is 0.368. The van der Waals surface area contributed by atoms with Crippen LogP contribution in [0.15, 0.2) is 35.3 Å². The number of amides is 1. The molecule has 1 amide bonds. The number of ether oxygens (including phenoxy) is 1. The molecule has 0 spiro atoms. The maximum Gasteiger partial charge on any atom is 0.231 e. The maximum atomic E-state index is 12.2. The molecular weight excluding hydrogens is 370 g/mol. The number of benzene rings is 1. The number of guanidine groups is 1. The number of hydrogen-bond donors (Lipinski definition) is 1. The van der Waals surface area contributed by atoms with Crippen molar-refractivity contribution < 1.29 is 9.53 Å². The molecule has 1 aromatic heterocycles. The monoisotopic (exact) mass is 391 g/mol. The molecule has 0 unspecified atom stereocenters. The molecular formula is C19H22ClN3O2S. The minimum Gasteiger partial charge on any atom is -0.493 e. The summed E-state index contributed by atoms with van der Waals surface area (Å²) in [5.41, 5.74) is 6.21. The average molecular weight is 392 g/mol. The molecule has 0 saturated carbocycles. The van der Waals surface area contributed by atoms with Crippen molar-refractivity contribution in [1.29, 1.82) is 0 Å². The van der Waals surface area contributed by atoms with Crippen molar-refractivity contribution in [1.82, 2.24) is 4.90 Å². The summed E-state index contributed by atoms with van der Waals surface area (Å²) >= 11 is 7.78. The van der Waals surface area contributed by atoms with E-state index in [0.717, 1.165) is 27.5 Å². The SMILES string of the molecule is CCCOc1ccc(Cl)cc1-c1ccc([C@]2(C)CC(=O)N(C)C(N)=N2)s1. The molecule has 0 aliphatic carbocycles. The molecule has 0 fully saturated rings. The molecule has 0 saturated heterocycles. The lowest BCUT2D eigenvalue weighted by atomic mass is 9.94. The van der Waals surface area contributed by atoms with E-state index in [1.807, 2.05) is 37.3 Å². The van der Waals surface area contributed by atoms with Gasteiger partial charge in [0.1, 0.15) is 11.3 Å². The number of carbonyl (C=O) groups excluding carboxylic acids is 1. The van der Waals surface area contributed by atoms with E-state index in [9.17, 15) is 4.79 Å². The molecule has 0 bridgehead atoms. The Labute approximate surface area is 162 Å². The van der Waals surface area contributed by atoms with Gasteiger partial charge in [-0.25, -0.2) is 4.99 Å². The Morgan fingerprint density at radius 2 is 2.15 bits per heavy atom. The number of nitrogens with zero attached hydrogens (tertiary/aromatic N) is 2. The zero-order valence-electron chi connectivity index (χ0n) is 15.1. The van der Waals surface area contributed by atoms with Crippen LogP contribution in [0, 0.1) is 0 Å². The fourth-order valence-electron chi connectivity index (χ4n) is 2.86. The van der Waals surface area contributed by atoms with Gasteiger partial charge in [0, 0.05) is 27.4 Å². The van der Waals surface area contributed by atoms with Crippen LogP contribution in [-0.2, 0) is 10.3 Å². The van der Waals surface area contributed by atoms with E-state index in [1.54, 1.807) is 18.4 Å². The molecule has 1 atom stereocenters. The molecule has 1 aliphatic heterocycles. The Hall–Kier alpha value is -2.05. The molecule has 26 heavy (non-hydrogen) atoms. The zero-order valence-corrected chi connectivity index (χ0v) is 16.7. The second-order valence-corrected chi connectivity index (χ2v) is 8.05. The van der Waals surface area contributed by atoms with E-state index >= 15 is 0 Å². The largest absolute Gasteiger partial charge is 0.493 e. The summed E-state index contributed by atoms with van der Waals surface area (Å²) in [6.45, 7) is 4.65. The van der Waals surface area contributed by atoms with Crippen molar-refractivity contribution in [2.45, 2.75) is 32.2 Å². The fourth-order valence-corrected chi connectivity index (χ4v) is 4.14. The van der Waals surface area contributed by atoms with Gasteiger partial charge in [0.25, 0.3) is 0 Å². The lowest BCUT2D eigenvalue weighted by Gasteiger charge is -2.32. The number of thiophene rings is 1. The topological polar surface area (TPSA) is 67.9 Å². The number of halogens is 1. The predicted octanol–water partition coefficient (Wildman–Crippen LogP) is 4.25. The highest BCUT2D eigenvalue weighted by Crippen LogP contribution is 2.42. The number of rotatable bonds is 5. The zero-order chi connectivity index (χ0) is 18.9. The van der Waals surface area contributed by atoms with Gasteiger partial charge in [0.15, 0.2) is 5.96 Å². The van der Waals surface area contributed by atoms with Gasteiger partial charge in [-0.15, -0.1) is 11.3 Å². The van der Waals surface area contributed by atoms with Crippen molar-refractivity contribution in [2.24, 2.45) is 10.7 Å². The standard InChI is InChI=1S/C19H22ClN3O2S/c1-4-9-25-14-6-5-12(20)10-13(14)15-7-8-16(26-15)19(2)11-17(24)23(3)18(21)22-19/h5-8,10H,4,9,11H2,1-3H3,(H2,21,22)/t19-/m0/s1. The van der Waals surface area contributed by atoms with Gasteiger partial charge in [0.05, 0.1) is 13.0 Å². The predicted molar refractivity (Wildman–Crippen MR) is 107 cm³/mol. The van der Waals surface area contributed by atoms with Gasteiger partial charge < -0.3 is 10.5 Å². The van der Waals surface area contributed by atoms with Gasteiger partial charge in [0.2, 0.25) is 5.91 Å². The lowest BCUT2D eigenvalue weighted by molar-refractivity contribution is -0.128. The van der Waals surface area contributed by atoms with E-state index in [1.165, 1.54) is 4.90 Å². The highest BCUT2D eigenvalue weighted by molar-refractivity contribution is 7.15. The van der Waals surface area contributed by atoms with Crippen LogP contribution in [0.5, 0.6) is 5.75 Å². The third-order valence-corrected chi connectivity index (χ3v) is 5.99. The van der Waals surface area contributed by atoms with E-state index in [4.69, 9.17) is 22.1 Å². The molecule has 5 nitrogen and oxygen atoms in total. The molecule has 1 aromatic carbocycles. The lowest BCUT2D eigenvalue weighted by Crippen LogP contribution is -2.47. The summed E-state index contributed by atoms with van der Waals surface area (Å²) in [5.74, 6) is 1.01. The van der Waals surface area contributed by atoms with E-state index in [0.29, 0.717) is 18.1 Å². The first kappa shape index (κ1) is 18.7. The first-order valence-electron chi connectivity index (χ1n) is 8.49. The van der Waals surface area contributed by atoms with Crippen LogP contribution in [0.2, 0.25) is 5.02 Å². The number of aliphatic imine (C=N–C) groups is 1. The molecule has 3 rings (SSSR count). The Morgan fingerprint density at radius 3 is 2.85 bits per heavy atom. The minimum atomic E-state index is -0.653. The van der Waals surface area contributed by atoms with Gasteiger partial charge in [-0.3, -0.25) is 9.69 Å². The van der Waals surface area contributed by atoms with Crippen molar-refractivity contribution in [3.05, 3.63) is 40.2 Å². The molecule has 2 heterocycles. The Morgan fingerprint density at radius 1 is 1.38 bits per heavy atom. The van der Waals surface area contributed by atoms with E-state index < -0.39 is 5.54 Å². The summed E-state index contributed by atoms with van der Waals surface area (Å²) in [4.78, 5) is 20.2. The summed E-state index contributed by atoms with van der Waals surface area (Å²) in [7, 11) is 1.64. The summed E-state index contributed by atoms with van der Waals surface area (Å²) in [6.07, 6.45) is 1.22. The van der Waals surface area contributed by atoms with Crippen LogP contribution in [0.1, 0.15) is 31.6 Å². The summed E-state index contributed by atoms with van der Waals surface area (Å²) < 4.78 is 5.86. The number of nitrogens with two attached hydrogens (primary N) is 1. The first-order chi connectivity index (χ1) is 12.3. The molecule has 2 N–H and O–H groups in total. The van der Waals surface area contributed by atoms with Gasteiger partial charge in [-0.05, 0) is 43.7 Å². The number of carbonyl (C=O) groups is 1. The molecule has 138 valence electrons. The Balaban J connectivity index is 1.98. The Bertz CT molecular complexity index is 864. The van der Waals surface area contributed by atoms with Crippen LogP contribution in [0.4, 0.5) is 0 Å². The molecule has 2 aromatic rings. The average Bonchev–Trinajstić information content (AvgIpc) is 3.09. The second kappa shape index (κ2) is 7.29. The van der Waals surface area contributed by atoms with Crippen LogP contribution in [0.25, 0.3) is 10.4 Å². The first-order valence-corrected chi connectivity index (χ1v) is 9.68. The van der Waals surface area contributed by atoms with Gasteiger partial charge in [-0.2, -0.15) is 0 Å². The summed E-state index contributed by atoms with van der Waals surface area (Å²) in [6, 6.07) is 9.64. The van der Waals surface area contributed by atoms with Crippen molar-refractivity contribution in [3.8, 4) is 16.2 Å². The summed E-state index contributed by atoms with van der Waals surface area (Å²) in [5, 5.41) is 0.654. The maximum absolute atomic E-state index is 12.2. The second-order valence-electron chi connectivity index (χ2n) is 6.53. The third kappa shape index (κ3) is 3.57. The van der Waals surface area contributed by atoms with E-state index in [2.05, 4.69) is 11.9 Å².